The largest absolute Gasteiger partial charge is 0.299 e. The highest BCUT2D eigenvalue weighted by molar-refractivity contribution is 6.30. The second-order valence-electron chi connectivity index (χ2n) is 3.90. The average Bonchev–Trinajstić information content (AvgIpc) is 2.22. The lowest BCUT2D eigenvalue weighted by Gasteiger charge is -2.20. The molecule has 1 rings (SSSR count). The van der Waals surface area contributed by atoms with Crippen LogP contribution in [0.3, 0.4) is 0 Å². The van der Waals surface area contributed by atoms with Gasteiger partial charge in [0, 0.05) is 11.6 Å². The molecule has 0 fully saturated rings. The summed E-state index contributed by atoms with van der Waals surface area (Å²) in [6, 6.07) is 8.15. The molecule has 0 spiro atoms. The fourth-order valence-electron chi connectivity index (χ4n) is 1.75. The predicted octanol–water partition coefficient (Wildman–Crippen LogP) is 3.96. The lowest BCUT2D eigenvalue weighted by molar-refractivity contribution is 0.266. The van der Waals surface area contributed by atoms with Crippen LogP contribution in [0.2, 0.25) is 5.02 Å². The van der Waals surface area contributed by atoms with E-state index in [1.165, 1.54) is 31.5 Å². The maximum absolute atomic E-state index is 5.86. The number of halogens is 1. The third-order valence-electron chi connectivity index (χ3n) is 2.40. The fourth-order valence-corrected chi connectivity index (χ4v) is 1.88. The fraction of sp³-hybridized carbons (Fsp3) is 0.538. The molecule has 1 aromatic carbocycles. The number of hydrogen-bond donors (Lipinski definition) is 0. The summed E-state index contributed by atoms with van der Waals surface area (Å²) in [6.07, 6.45) is 2.43. The highest BCUT2D eigenvalue weighted by Crippen LogP contribution is 2.11. The van der Waals surface area contributed by atoms with Gasteiger partial charge in [0.05, 0.1) is 0 Å². The molecule has 0 radical (unpaired) electrons. The van der Waals surface area contributed by atoms with Gasteiger partial charge in [-0.2, -0.15) is 0 Å². The van der Waals surface area contributed by atoms with Gasteiger partial charge in [0.15, 0.2) is 0 Å². The lowest BCUT2D eigenvalue weighted by Crippen LogP contribution is -2.24. The monoisotopic (exact) mass is 225 g/mol. The molecule has 0 saturated heterocycles. The van der Waals surface area contributed by atoms with Gasteiger partial charge in [-0.25, -0.2) is 0 Å². The van der Waals surface area contributed by atoms with E-state index in [1.807, 2.05) is 12.1 Å². The van der Waals surface area contributed by atoms with Crippen LogP contribution in [0.4, 0.5) is 0 Å². The van der Waals surface area contributed by atoms with E-state index in [9.17, 15) is 0 Å². The Balaban J connectivity index is 2.53. The van der Waals surface area contributed by atoms with E-state index in [-0.39, 0.29) is 0 Å². The quantitative estimate of drug-likeness (QED) is 0.709. The third-order valence-corrected chi connectivity index (χ3v) is 2.65. The van der Waals surface area contributed by atoms with Crippen LogP contribution in [0.1, 0.15) is 32.3 Å². The molecule has 1 aromatic rings. The molecule has 0 aliphatic rings. The molecule has 0 atom stereocenters. The minimum absolute atomic E-state index is 0.816. The van der Waals surface area contributed by atoms with Crippen LogP contribution in [-0.2, 0) is 6.54 Å². The Morgan fingerprint density at radius 3 is 2.00 bits per heavy atom. The zero-order chi connectivity index (χ0) is 11.1. The van der Waals surface area contributed by atoms with Gasteiger partial charge in [-0.1, -0.05) is 37.6 Å². The molecule has 0 heterocycles. The van der Waals surface area contributed by atoms with Crippen molar-refractivity contribution in [2.45, 2.75) is 33.2 Å². The van der Waals surface area contributed by atoms with Crippen LogP contribution < -0.4 is 0 Å². The summed E-state index contributed by atoms with van der Waals surface area (Å²) < 4.78 is 0. The van der Waals surface area contributed by atoms with Crippen molar-refractivity contribution in [3.8, 4) is 0 Å². The van der Waals surface area contributed by atoms with E-state index in [1.54, 1.807) is 0 Å². The molecule has 0 N–H and O–H groups in total. The molecule has 84 valence electrons. The van der Waals surface area contributed by atoms with Crippen LogP contribution in [0.25, 0.3) is 0 Å². The molecule has 0 bridgehead atoms. The average molecular weight is 226 g/mol. The van der Waals surface area contributed by atoms with Crippen molar-refractivity contribution in [2.24, 2.45) is 0 Å². The number of benzene rings is 1. The van der Waals surface area contributed by atoms with Crippen molar-refractivity contribution in [1.29, 1.82) is 0 Å². The summed E-state index contributed by atoms with van der Waals surface area (Å²) in [5.41, 5.74) is 1.35. The van der Waals surface area contributed by atoms with Crippen molar-refractivity contribution >= 4 is 11.6 Å². The zero-order valence-electron chi connectivity index (χ0n) is 9.67. The van der Waals surface area contributed by atoms with Crippen LogP contribution in [-0.4, -0.2) is 18.0 Å². The highest BCUT2D eigenvalue weighted by Gasteiger charge is 2.03. The van der Waals surface area contributed by atoms with Crippen molar-refractivity contribution in [3.63, 3.8) is 0 Å². The Labute approximate surface area is 98.0 Å². The summed E-state index contributed by atoms with van der Waals surface area (Å²) in [7, 11) is 0. The van der Waals surface area contributed by atoms with Crippen molar-refractivity contribution < 1.29 is 0 Å². The van der Waals surface area contributed by atoms with Gasteiger partial charge in [-0.3, -0.25) is 4.90 Å². The Kier molecular flexibility index (Phi) is 5.74. The molecule has 0 amide bonds. The van der Waals surface area contributed by atoms with Gasteiger partial charge >= 0.3 is 0 Å². The molecule has 1 nitrogen and oxygen atoms in total. The number of nitrogens with zero attached hydrogens (tertiary/aromatic N) is 1. The first-order valence-electron chi connectivity index (χ1n) is 5.73. The third kappa shape index (κ3) is 4.67. The topological polar surface area (TPSA) is 3.24 Å². The van der Waals surface area contributed by atoms with Crippen molar-refractivity contribution in [3.05, 3.63) is 34.9 Å². The van der Waals surface area contributed by atoms with Crippen molar-refractivity contribution in [2.75, 3.05) is 13.1 Å². The van der Waals surface area contributed by atoms with Crippen LogP contribution >= 0.6 is 11.6 Å². The summed E-state index contributed by atoms with van der Waals surface area (Å²) in [5, 5.41) is 0.816. The standard InChI is InChI=1S/C13H20ClN/c1-3-9-15(10-4-2)11-12-5-7-13(14)8-6-12/h5-8H,3-4,9-11H2,1-2H3. The normalized spacial score (nSPS) is 10.9. The van der Waals surface area contributed by atoms with Gasteiger partial charge in [-0.05, 0) is 43.6 Å². The minimum atomic E-state index is 0.816. The van der Waals surface area contributed by atoms with E-state index in [0.29, 0.717) is 0 Å². The summed E-state index contributed by atoms with van der Waals surface area (Å²) >= 11 is 5.86. The van der Waals surface area contributed by atoms with E-state index in [4.69, 9.17) is 11.6 Å². The summed E-state index contributed by atoms with van der Waals surface area (Å²) in [4.78, 5) is 2.49. The van der Waals surface area contributed by atoms with Gasteiger partial charge in [-0.15, -0.1) is 0 Å². The Morgan fingerprint density at radius 2 is 1.53 bits per heavy atom. The first-order valence-corrected chi connectivity index (χ1v) is 6.10. The van der Waals surface area contributed by atoms with Crippen molar-refractivity contribution in [1.82, 2.24) is 4.90 Å². The molecular formula is C13H20ClN. The second kappa shape index (κ2) is 6.86. The van der Waals surface area contributed by atoms with E-state index >= 15 is 0 Å². The minimum Gasteiger partial charge on any atom is -0.299 e. The second-order valence-corrected chi connectivity index (χ2v) is 4.34. The summed E-state index contributed by atoms with van der Waals surface area (Å²) in [6.45, 7) is 7.85. The molecule has 0 aromatic heterocycles. The maximum Gasteiger partial charge on any atom is 0.0406 e. The van der Waals surface area contributed by atoms with Gasteiger partial charge in [0.25, 0.3) is 0 Å². The first kappa shape index (κ1) is 12.5. The van der Waals surface area contributed by atoms with E-state index in [0.717, 1.165) is 11.6 Å². The molecule has 0 aliphatic carbocycles. The number of rotatable bonds is 6. The maximum atomic E-state index is 5.86. The van der Waals surface area contributed by atoms with Gasteiger partial charge < -0.3 is 0 Å². The van der Waals surface area contributed by atoms with Gasteiger partial charge in [0.1, 0.15) is 0 Å². The Bertz CT molecular complexity index is 262. The zero-order valence-corrected chi connectivity index (χ0v) is 10.4. The van der Waals surface area contributed by atoms with Gasteiger partial charge in [0.2, 0.25) is 0 Å². The predicted molar refractivity (Wildman–Crippen MR) is 67.3 cm³/mol. The Hall–Kier alpha value is -0.530. The van der Waals surface area contributed by atoms with Crippen LogP contribution in [0, 0.1) is 0 Å². The molecule has 2 heteroatoms. The number of hydrogen-bond acceptors (Lipinski definition) is 1. The lowest BCUT2D eigenvalue weighted by atomic mass is 10.2. The van der Waals surface area contributed by atoms with E-state index in [2.05, 4.69) is 30.9 Å². The molecule has 15 heavy (non-hydrogen) atoms. The Morgan fingerprint density at radius 1 is 1.00 bits per heavy atom. The van der Waals surface area contributed by atoms with Crippen LogP contribution in [0.15, 0.2) is 24.3 Å². The molecule has 0 unspecified atom stereocenters. The molecular weight excluding hydrogens is 206 g/mol. The molecule has 0 saturated carbocycles. The smallest absolute Gasteiger partial charge is 0.0406 e. The summed E-state index contributed by atoms with van der Waals surface area (Å²) in [5.74, 6) is 0. The molecule has 0 aliphatic heterocycles. The van der Waals surface area contributed by atoms with Crippen LogP contribution in [0.5, 0.6) is 0 Å². The first-order chi connectivity index (χ1) is 7.26. The van der Waals surface area contributed by atoms with E-state index < -0.39 is 0 Å². The SMILES string of the molecule is CCCN(CCC)Cc1ccc(Cl)cc1. The highest BCUT2D eigenvalue weighted by atomic mass is 35.5.